The van der Waals surface area contributed by atoms with Crippen molar-refractivity contribution in [1.82, 2.24) is 16.0 Å². The zero-order valence-electron chi connectivity index (χ0n) is 14.9. The summed E-state index contributed by atoms with van der Waals surface area (Å²) in [5.74, 6) is 0.496. The fraction of sp³-hybridized carbons (Fsp3) is 0.722. The first-order valence-corrected chi connectivity index (χ1v) is 8.65. The fourth-order valence-corrected chi connectivity index (χ4v) is 3.23. The molecule has 1 amide bonds. The molecule has 5 nitrogen and oxygen atoms in total. The lowest BCUT2D eigenvalue weighted by molar-refractivity contribution is 0.0496. The van der Waals surface area contributed by atoms with Gasteiger partial charge in [0.25, 0.3) is 0 Å². The molecule has 5 heteroatoms. The number of hydrogen-bond donors (Lipinski definition) is 3. The Labute approximate surface area is 139 Å². The summed E-state index contributed by atoms with van der Waals surface area (Å²) in [6.45, 7) is 9.81. The molecule has 130 valence electrons. The molecule has 2 rings (SSSR count). The average molecular weight is 321 g/mol. The van der Waals surface area contributed by atoms with Gasteiger partial charge in [-0.1, -0.05) is 31.2 Å². The number of hydrogen-bond acceptors (Lipinski definition) is 4. The average Bonchev–Trinajstić information content (AvgIpc) is 2.90. The summed E-state index contributed by atoms with van der Waals surface area (Å²) in [5, 5.41) is 10.2. The Balaban J connectivity index is 1.92. The van der Waals surface area contributed by atoms with Crippen LogP contribution in [0.1, 0.15) is 47.5 Å². The first-order chi connectivity index (χ1) is 10.8. The molecular formula is C18H31N3O2. The number of ether oxygens (including phenoxy) is 1. The molecule has 1 aliphatic heterocycles. The minimum Gasteiger partial charge on any atom is -0.444 e. The second kappa shape index (κ2) is 7.49. The third-order valence-electron chi connectivity index (χ3n) is 4.36. The van der Waals surface area contributed by atoms with E-state index in [4.69, 9.17) is 4.74 Å². The van der Waals surface area contributed by atoms with E-state index in [9.17, 15) is 4.79 Å². The van der Waals surface area contributed by atoms with Gasteiger partial charge in [0, 0.05) is 12.1 Å². The minimum absolute atomic E-state index is 0.0491. The summed E-state index contributed by atoms with van der Waals surface area (Å²) in [7, 11) is 0. The quantitative estimate of drug-likeness (QED) is 0.745. The molecule has 0 spiro atoms. The van der Waals surface area contributed by atoms with Crippen molar-refractivity contribution < 1.29 is 9.53 Å². The maximum atomic E-state index is 12.0. The lowest BCUT2D eigenvalue weighted by Gasteiger charge is -2.26. The van der Waals surface area contributed by atoms with Gasteiger partial charge in [0.2, 0.25) is 0 Å². The minimum atomic E-state index is -0.478. The molecule has 0 bridgehead atoms. The Bertz CT molecular complexity index is 467. The fourth-order valence-electron chi connectivity index (χ4n) is 3.23. The molecule has 4 unspecified atom stereocenters. The van der Waals surface area contributed by atoms with E-state index < -0.39 is 5.60 Å². The summed E-state index contributed by atoms with van der Waals surface area (Å²) in [5.41, 5.74) is -0.478. The van der Waals surface area contributed by atoms with Gasteiger partial charge < -0.3 is 10.1 Å². The van der Waals surface area contributed by atoms with E-state index in [1.165, 1.54) is 0 Å². The van der Waals surface area contributed by atoms with Crippen LogP contribution in [-0.4, -0.2) is 36.0 Å². The number of amides is 1. The van der Waals surface area contributed by atoms with E-state index in [2.05, 4.69) is 47.2 Å². The van der Waals surface area contributed by atoms with Gasteiger partial charge in [-0.25, -0.2) is 4.79 Å². The van der Waals surface area contributed by atoms with Crippen molar-refractivity contribution in [2.24, 2.45) is 5.92 Å². The van der Waals surface area contributed by atoms with Crippen LogP contribution in [0.5, 0.6) is 0 Å². The smallest absolute Gasteiger partial charge is 0.407 e. The van der Waals surface area contributed by atoms with Crippen LogP contribution in [0.15, 0.2) is 24.3 Å². The molecule has 0 aromatic carbocycles. The molecule has 1 fully saturated rings. The van der Waals surface area contributed by atoms with Gasteiger partial charge in [0.1, 0.15) is 5.60 Å². The van der Waals surface area contributed by atoms with Crippen molar-refractivity contribution in [2.75, 3.05) is 0 Å². The summed E-state index contributed by atoms with van der Waals surface area (Å²) in [6.07, 6.45) is 10.5. The summed E-state index contributed by atoms with van der Waals surface area (Å²) in [6, 6.07) is 0.741. The van der Waals surface area contributed by atoms with Crippen LogP contribution >= 0.6 is 0 Å². The van der Waals surface area contributed by atoms with Gasteiger partial charge in [0.05, 0.1) is 12.2 Å². The second-order valence-electron chi connectivity index (χ2n) is 7.50. The molecule has 0 aromatic rings. The number of rotatable bonds is 4. The Morgan fingerprint density at radius 1 is 1.35 bits per heavy atom. The van der Waals surface area contributed by atoms with E-state index in [-0.39, 0.29) is 18.3 Å². The number of allylic oxidation sites excluding steroid dienone is 3. The van der Waals surface area contributed by atoms with Crippen molar-refractivity contribution in [1.29, 1.82) is 0 Å². The first kappa shape index (κ1) is 18.0. The van der Waals surface area contributed by atoms with Gasteiger partial charge >= 0.3 is 6.09 Å². The Morgan fingerprint density at radius 2 is 2.09 bits per heavy atom. The Morgan fingerprint density at radius 3 is 2.65 bits per heavy atom. The lowest BCUT2D eigenvalue weighted by Crippen LogP contribution is -2.52. The maximum Gasteiger partial charge on any atom is 0.407 e. The van der Waals surface area contributed by atoms with Crippen LogP contribution in [0.25, 0.3) is 0 Å². The van der Waals surface area contributed by atoms with Crippen LogP contribution in [0, 0.1) is 5.92 Å². The standard InChI is InChI=1S/C18H31N3O2/c1-6-14-15(13-10-8-7-9-11-13)21-16(20-14)12(2)19-17(22)23-18(3,4)5/h7-10,12-16,20-21H,6,11H2,1-5H3,(H,19,22)/t12-,13?,14?,15?,16?/m1/s1. The van der Waals surface area contributed by atoms with Crippen LogP contribution in [0.3, 0.4) is 0 Å². The highest BCUT2D eigenvalue weighted by atomic mass is 16.6. The second-order valence-corrected chi connectivity index (χ2v) is 7.50. The van der Waals surface area contributed by atoms with E-state index in [0.29, 0.717) is 18.0 Å². The molecule has 23 heavy (non-hydrogen) atoms. The van der Waals surface area contributed by atoms with Gasteiger partial charge in [-0.05, 0) is 46.5 Å². The Hall–Kier alpha value is -1.33. The molecule has 3 N–H and O–H groups in total. The molecular weight excluding hydrogens is 290 g/mol. The molecule has 1 aliphatic carbocycles. The molecule has 2 aliphatic rings. The van der Waals surface area contributed by atoms with Crippen molar-refractivity contribution >= 4 is 6.09 Å². The zero-order chi connectivity index (χ0) is 17.0. The topological polar surface area (TPSA) is 62.4 Å². The molecule has 1 saturated heterocycles. The maximum absolute atomic E-state index is 12.0. The van der Waals surface area contributed by atoms with E-state index in [1.807, 2.05) is 27.7 Å². The predicted molar refractivity (Wildman–Crippen MR) is 93.1 cm³/mol. The summed E-state index contributed by atoms with van der Waals surface area (Å²) < 4.78 is 5.34. The third-order valence-corrected chi connectivity index (χ3v) is 4.36. The van der Waals surface area contributed by atoms with Crippen LogP contribution < -0.4 is 16.0 Å². The van der Waals surface area contributed by atoms with E-state index in [1.54, 1.807) is 0 Å². The monoisotopic (exact) mass is 321 g/mol. The molecule has 0 saturated carbocycles. The van der Waals surface area contributed by atoms with Crippen LogP contribution in [0.4, 0.5) is 4.79 Å². The van der Waals surface area contributed by atoms with Gasteiger partial charge in [0.15, 0.2) is 0 Å². The first-order valence-electron chi connectivity index (χ1n) is 8.65. The van der Waals surface area contributed by atoms with Crippen LogP contribution in [0.2, 0.25) is 0 Å². The SMILES string of the molecule is CCC1NC([C@@H](C)NC(=O)OC(C)(C)C)NC1C1C=CC=CC1. The largest absolute Gasteiger partial charge is 0.444 e. The highest BCUT2D eigenvalue weighted by Crippen LogP contribution is 2.24. The van der Waals surface area contributed by atoms with Crippen molar-refractivity contribution in [3.05, 3.63) is 24.3 Å². The molecule has 5 atom stereocenters. The van der Waals surface area contributed by atoms with Gasteiger partial charge in [-0.15, -0.1) is 0 Å². The van der Waals surface area contributed by atoms with Crippen molar-refractivity contribution in [2.45, 2.75) is 77.4 Å². The van der Waals surface area contributed by atoms with E-state index >= 15 is 0 Å². The highest BCUT2D eigenvalue weighted by molar-refractivity contribution is 5.68. The zero-order valence-corrected chi connectivity index (χ0v) is 14.9. The Kier molecular flexibility index (Phi) is 5.87. The van der Waals surface area contributed by atoms with Crippen molar-refractivity contribution in [3.63, 3.8) is 0 Å². The summed E-state index contributed by atoms with van der Waals surface area (Å²) >= 11 is 0. The molecule has 0 radical (unpaired) electrons. The number of alkyl carbamates (subject to hydrolysis) is 1. The number of carbonyl (C=O) groups is 1. The van der Waals surface area contributed by atoms with Gasteiger partial charge in [-0.2, -0.15) is 0 Å². The third kappa shape index (κ3) is 5.08. The van der Waals surface area contributed by atoms with Crippen molar-refractivity contribution in [3.8, 4) is 0 Å². The van der Waals surface area contributed by atoms with E-state index in [0.717, 1.165) is 12.8 Å². The number of nitrogens with one attached hydrogen (secondary N) is 3. The normalized spacial score (nSPS) is 31.9. The van der Waals surface area contributed by atoms with Crippen LogP contribution in [-0.2, 0) is 4.74 Å². The molecule has 0 aromatic heterocycles. The predicted octanol–water partition coefficient (Wildman–Crippen LogP) is 2.70. The molecule has 1 heterocycles. The summed E-state index contributed by atoms with van der Waals surface area (Å²) in [4.78, 5) is 12.0. The highest BCUT2D eigenvalue weighted by Gasteiger charge is 2.38. The lowest BCUT2D eigenvalue weighted by atomic mass is 9.88. The number of carbonyl (C=O) groups excluding carboxylic acids is 1. The van der Waals surface area contributed by atoms with Gasteiger partial charge in [-0.3, -0.25) is 10.6 Å².